The van der Waals surface area contributed by atoms with Crippen LogP contribution in [0.5, 0.6) is 0 Å². The number of hydrogen-bond acceptors (Lipinski definition) is 5. The van der Waals surface area contributed by atoms with Crippen LogP contribution in [0.25, 0.3) is 0 Å². The van der Waals surface area contributed by atoms with E-state index in [2.05, 4.69) is 11.3 Å². The van der Waals surface area contributed by atoms with Crippen LogP contribution in [0.2, 0.25) is 0 Å². The minimum atomic E-state index is -1.26. The van der Waals surface area contributed by atoms with E-state index in [4.69, 9.17) is 15.3 Å². The number of ether oxygens (including phenoxy) is 1. The van der Waals surface area contributed by atoms with Crippen LogP contribution in [0.1, 0.15) is 6.92 Å². The van der Waals surface area contributed by atoms with Gasteiger partial charge in [0.25, 0.3) is 0 Å². The van der Waals surface area contributed by atoms with Crippen molar-refractivity contribution >= 4 is 23.9 Å². The second kappa shape index (κ2) is 9.58. The molecule has 0 aliphatic rings. The molecule has 1 atom stereocenters. The van der Waals surface area contributed by atoms with Gasteiger partial charge in [-0.2, -0.15) is 0 Å². The first kappa shape index (κ1) is 17.7. The molecule has 1 unspecified atom stereocenters. The zero-order valence-corrected chi connectivity index (χ0v) is 9.40. The van der Waals surface area contributed by atoms with E-state index < -0.39 is 30.0 Å². The van der Waals surface area contributed by atoms with Gasteiger partial charge in [0, 0.05) is 18.2 Å². The lowest BCUT2D eigenvalue weighted by atomic mass is 10.4. The highest BCUT2D eigenvalue weighted by Crippen LogP contribution is 1.90. The molecule has 0 aromatic carbocycles. The van der Waals surface area contributed by atoms with E-state index in [1.807, 2.05) is 0 Å². The van der Waals surface area contributed by atoms with Crippen molar-refractivity contribution in [2.75, 3.05) is 0 Å². The van der Waals surface area contributed by atoms with Crippen LogP contribution in [0.3, 0.4) is 0 Å². The van der Waals surface area contributed by atoms with Crippen molar-refractivity contribution in [3.8, 4) is 0 Å². The van der Waals surface area contributed by atoms with E-state index >= 15 is 0 Å². The highest BCUT2D eigenvalue weighted by molar-refractivity contribution is 5.89. The second-order valence-electron chi connectivity index (χ2n) is 2.63. The van der Waals surface area contributed by atoms with Crippen LogP contribution in [0, 0.1) is 0 Å². The van der Waals surface area contributed by atoms with Crippen LogP contribution >= 0.6 is 0 Å². The van der Waals surface area contributed by atoms with Crippen molar-refractivity contribution in [3.63, 3.8) is 0 Å². The number of rotatable bonds is 5. The molecule has 0 amide bonds. The lowest BCUT2D eigenvalue weighted by molar-refractivity contribution is -0.159. The van der Waals surface area contributed by atoms with Gasteiger partial charge in [-0.25, -0.2) is 19.2 Å². The Morgan fingerprint density at radius 1 is 1.06 bits per heavy atom. The smallest absolute Gasteiger partial charge is 0.344 e. The van der Waals surface area contributed by atoms with Crippen molar-refractivity contribution in [3.05, 3.63) is 24.8 Å². The second-order valence-corrected chi connectivity index (χ2v) is 2.63. The maximum Gasteiger partial charge on any atom is 0.344 e. The van der Waals surface area contributed by atoms with Crippen LogP contribution in [0.4, 0.5) is 0 Å². The molecule has 0 aliphatic heterocycles. The highest BCUT2D eigenvalue weighted by Gasteiger charge is 2.13. The Hall–Kier alpha value is -2.64. The molecule has 0 aromatic rings. The molecule has 0 aliphatic carbocycles. The largest absolute Gasteiger partial charge is 0.479 e. The third-order valence-electron chi connectivity index (χ3n) is 1.18. The maximum absolute atomic E-state index is 10.3. The van der Waals surface area contributed by atoms with Gasteiger partial charge in [0.2, 0.25) is 0 Å². The minimum absolute atomic E-state index is 0.558. The number of hydrogen-bond donors (Lipinski definition) is 3. The van der Waals surface area contributed by atoms with Crippen molar-refractivity contribution in [1.29, 1.82) is 0 Å². The average molecular weight is 260 g/mol. The molecule has 18 heavy (non-hydrogen) atoms. The number of carboxylic acid groups (broad SMARTS) is 3. The zero-order valence-electron chi connectivity index (χ0n) is 9.40. The van der Waals surface area contributed by atoms with Crippen molar-refractivity contribution in [1.82, 2.24) is 0 Å². The maximum atomic E-state index is 10.3. The van der Waals surface area contributed by atoms with Gasteiger partial charge < -0.3 is 20.1 Å². The Labute approximate surface area is 102 Å². The third kappa shape index (κ3) is 13.4. The van der Waals surface area contributed by atoms with E-state index in [1.54, 1.807) is 0 Å². The van der Waals surface area contributed by atoms with Crippen molar-refractivity contribution in [2.45, 2.75) is 13.0 Å². The summed E-state index contributed by atoms with van der Waals surface area (Å²) in [6.07, 6.45) is 0.926. The summed E-state index contributed by atoms with van der Waals surface area (Å²) in [7, 11) is 0. The van der Waals surface area contributed by atoms with E-state index in [-0.39, 0.29) is 0 Å². The highest BCUT2D eigenvalue weighted by atomic mass is 16.6. The topological polar surface area (TPSA) is 138 Å². The van der Waals surface area contributed by atoms with Gasteiger partial charge in [0.15, 0.2) is 6.10 Å². The molecule has 8 nitrogen and oxygen atoms in total. The molecule has 0 rings (SSSR count). The fourth-order valence-corrected chi connectivity index (χ4v) is 0.415. The van der Waals surface area contributed by atoms with Gasteiger partial charge in [-0.1, -0.05) is 6.58 Å². The average Bonchev–Trinajstić information content (AvgIpc) is 2.26. The molecular weight excluding hydrogens is 248 g/mol. The molecule has 0 heterocycles. The summed E-state index contributed by atoms with van der Waals surface area (Å²) in [6, 6.07) is 0. The van der Waals surface area contributed by atoms with Crippen LogP contribution in [-0.2, 0) is 23.9 Å². The lowest BCUT2D eigenvalue weighted by Gasteiger charge is -2.04. The molecule has 0 aromatic heterocycles. The SMILES string of the molecule is C=CC(=O)OC(C)C(=O)O.O=C(O)C=CC(=O)O. The quantitative estimate of drug-likeness (QED) is 0.460. The Bertz CT molecular complexity index is 352. The van der Waals surface area contributed by atoms with Gasteiger partial charge in [-0.15, -0.1) is 0 Å². The first-order valence-corrected chi connectivity index (χ1v) is 4.40. The van der Waals surface area contributed by atoms with Crippen LogP contribution in [-0.4, -0.2) is 45.3 Å². The molecule has 0 saturated heterocycles. The summed E-state index contributed by atoms with van der Waals surface area (Å²) in [5.41, 5.74) is 0. The van der Waals surface area contributed by atoms with Gasteiger partial charge in [-0.05, 0) is 6.92 Å². The Morgan fingerprint density at radius 2 is 1.44 bits per heavy atom. The summed E-state index contributed by atoms with van der Waals surface area (Å²) < 4.78 is 4.30. The normalized spacial score (nSPS) is 10.7. The number of carbonyl (C=O) groups excluding carboxylic acids is 1. The summed E-state index contributed by atoms with van der Waals surface area (Å²) in [4.78, 5) is 39.5. The summed E-state index contributed by atoms with van der Waals surface area (Å²) >= 11 is 0. The van der Waals surface area contributed by atoms with Crippen LogP contribution < -0.4 is 0 Å². The monoisotopic (exact) mass is 260 g/mol. The first-order valence-electron chi connectivity index (χ1n) is 4.40. The van der Waals surface area contributed by atoms with Crippen molar-refractivity contribution < 1.29 is 39.2 Å². The van der Waals surface area contributed by atoms with Crippen molar-refractivity contribution in [2.24, 2.45) is 0 Å². The summed E-state index contributed by atoms with van der Waals surface area (Å²) in [6.45, 7) is 4.37. The van der Waals surface area contributed by atoms with Gasteiger partial charge in [-0.3, -0.25) is 0 Å². The molecule has 0 saturated carbocycles. The fraction of sp³-hybridized carbons (Fsp3) is 0.200. The lowest BCUT2D eigenvalue weighted by Crippen LogP contribution is -2.22. The molecule has 0 spiro atoms. The third-order valence-corrected chi connectivity index (χ3v) is 1.18. The van der Waals surface area contributed by atoms with Gasteiger partial charge in [0.1, 0.15) is 0 Å². The Morgan fingerprint density at radius 3 is 1.67 bits per heavy atom. The standard InChI is InChI=1S/C6H8O4.C4H4O4/c1-3-5(7)10-4(2)6(8)9;5-3(6)1-2-4(7)8/h3-4H,1H2,2H3,(H,8,9);1-2H,(H,5,6)(H,7,8). The predicted octanol–water partition coefficient (Wildman–Crippen LogP) is -0.0995. The number of carboxylic acids is 3. The molecule has 3 N–H and O–H groups in total. The predicted molar refractivity (Wildman–Crippen MR) is 57.8 cm³/mol. The molecule has 8 heteroatoms. The number of carbonyl (C=O) groups is 4. The summed E-state index contributed by atoms with van der Waals surface area (Å²) in [5.74, 6) is -4.41. The minimum Gasteiger partial charge on any atom is -0.479 e. The zero-order chi connectivity index (χ0) is 14.7. The van der Waals surface area contributed by atoms with E-state index in [1.165, 1.54) is 6.92 Å². The van der Waals surface area contributed by atoms with E-state index in [0.717, 1.165) is 6.08 Å². The number of esters is 1. The molecular formula is C10H12O8. The van der Waals surface area contributed by atoms with Crippen LogP contribution in [0.15, 0.2) is 24.8 Å². The molecule has 0 radical (unpaired) electrons. The molecule has 0 fully saturated rings. The summed E-state index contributed by atoms with van der Waals surface area (Å²) in [5, 5.41) is 23.8. The molecule has 100 valence electrons. The Kier molecular flexibility index (Phi) is 9.44. The van der Waals surface area contributed by atoms with E-state index in [9.17, 15) is 19.2 Å². The first-order chi connectivity index (χ1) is 8.20. The van der Waals surface area contributed by atoms with E-state index in [0.29, 0.717) is 12.2 Å². The molecule has 0 bridgehead atoms. The Balaban J connectivity index is 0. The fourth-order valence-electron chi connectivity index (χ4n) is 0.415. The van der Waals surface area contributed by atoms with Gasteiger partial charge in [0.05, 0.1) is 0 Å². The van der Waals surface area contributed by atoms with Gasteiger partial charge >= 0.3 is 23.9 Å². The number of aliphatic carboxylic acids is 3.